The van der Waals surface area contributed by atoms with E-state index in [0.717, 1.165) is 31.6 Å². The number of rotatable bonds is 3. The normalized spacial score (nSPS) is 19.4. The summed E-state index contributed by atoms with van der Waals surface area (Å²) in [6, 6.07) is 9.65. The van der Waals surface area contributed by atoms with E-state index in [0.29, 0.717) is 0 Å². The molecule has 1 aromatic rings. The Labute approximate surface area is 114 Å². The molecule has 0 aromatic heterocycles. The molecule has 1 fully saturated rings. The van der Waals surface area contributed by atoms with E-state index < -0.39 is 0 Å². The highest BCUT2D eigenvalue weighted by molar-refractivity contribution is 7.80. The lowest BCUT2D eigenvalue weighted by Gasteiger charge is -2.33. The fourth-order valence-corrected chi connectivity index (χ4v) is 2.53. The van der Waals surface area contributed by atoms with Crippen LogP contribution < -0.4 is 5.32 Å². The summed E-state index contributed by atoms with van der Waals surface area (Å²) in [6.07, 6.45) is 1.84. The van der Waals surface area contributed by atoms with Gasteiger partial charge in [-0.15, -0.1) is 0 Å². The molecule has 18 heavy (non-hydrogen) atoms. The van der Waals surface area contributed by atoms with Gasteiger partial charge < -0.3 is 5.32 Å². The van der Waals surface area contributed by atoms with E-state index in [1.807, 2.05) is 30.3 Å². The van der Waals surface area contributed by atoms with E-state index in [4.69, 9.17) is 0 Å². The molecule has 1 aromatic carbocycles. The molecular weight excluding hydrogens is 244 g/mol. The third-order valence-electron chi connectivity index (χ3n) is 3.47. The van der Waals surface area contributed by atoms with E-state index in [9.17, 15) is 4.79 Å². The first-order valence-electron chi connectivity index (χ1n) is 6.45. The molecule has 1 unspecified atom stereocenters. The van der Waals surface area contributed by atoms with Gasteiger partial charge in [0.25, 0.3) is 0 Å². The number of benzene rings is 1. The summed E-state index contributed by atoms with van der Waals surface area (Å²) in [4.78, 5) is 14.4. The molecule has 98 valence electrons. The minimum Gasteiger partial charge on any atom is -0.326 e. The molecule has 0 aliphatic carbocycles. The van der Waals surface area contributed by atoms with Crippen LogP contribution in [0.25, 0.3) is 0 Å². The van der Waals surface area contributed by atoms with Crippen molar-refractivity contribution in [2.45, 2.75) is 25.1 Å². The number of hydrogen-bond donors (Lipinski definition) is 2. The average molecular weight is 264 g/mol. The minimum absolute atomic E-state index is 0.133. The molecule has 1 heterocycles. The van der Waals surface area contributed by atoms with E-state index in [1.54, 1.807) is 0 Å². The van der Waals surface area contributed by atoms with Crippen LogP contribution in [-0.4, -0.2) is 29.3 Å². The van der Waals surface area contributed by atoms with Crippen molar-refractivity contribution in [3.05, 3.63) is 30.3 Å². The summed E-state index contributed by atoms with van der Waals surface area (Å²) >= 11 is 4.43. The van der Waals surface area contributed by atoms with Crippen LogP contribution in [0.15, 0.2) is 30.3 Å². The third-order valence-corrected chi connectivity index (χ3v) is 3.80. The first kappa shape index (κ1) is 13.4. The number of carbonyl (C=O) groups excluding carboxylic acids is 1. The summed E-state index contributed by atoms with van der Waals surface area (Å²) in [7, 11) is 0. The molecule has 1 amide bonds. The summed E-state index contributed by atoms with van der Waals surface area (Å²) in [6.45, 7) is 3.99. The van der Waals surface area contributed by atoms with Crippen molar-refractivity contribution in [2.24, 2.45) is 5.92 Å². The highest BCUT2D eigenvalue weighted by Gasteiger charge is 2.26. The Hall–Kier alpha value is -1.00. The minimum atomic E-state index is 0.133. The third kappa shape index (κ3) is 3.50. The first-order valence-corrected chi connectivity index (χ1v) is 6.96. The zero-order chi connectivity index (χ0) is 13.0. The van der Waals surface area contributed by atoms with Crippen LogP contribution in [0.5, 0.6) is 0 Å². The number of nitrogens with zero attached hydrogens (tertiary/aromatic N) is 1. The van der Waals surface area contributed by atoms with E-state index in [1.165, 1.54) is 0 Å². The predicted molar refractivity (Wildman–Crippen MR) is 77.8 cm³/mol. The van der Waals surface area contributed by atoms with Crippen molar-refractivity contribution in [3.8, 4) is 0 Å². The van der Waals surface area contributed by atoms with Gasteiger partial charge in [0.15, 0.2) is 0 Å². The zero-order valence-electron chi connectivity index (χ0n) is 10.7. The number of carbonyl (C=O) groups is 1. The van der Waals surface area contributed by atoms with Crippen molar-refractivity contribution in [1.29, 1.82) is 0 Å². The molecule has 0 spiro atoms. The number of anilines is 1. The number of hydrogen-bond acceptors (Lipinski definition) is 3. The highest BCUT2D eigenvalue weighted by Crippen LogP contribution is 2.21. The molecular formula is C14H20N2OS. The highest BCUT2D eigenvalue weighted by atomic mass is 32.1. The quantitative estimate of drug-likeness (QED) is 0.823. The monoisotopic (exact) mass is 264 g/mol. The number of amides is 1. The molecule has 1 atom stereocenters. The number of nitrogens with one attached hydrogen (secondary N) is 1. The summed E-state index contributed by atoms with van der Waals surface area (Å²) in [5.74, 6) is 0.279. The van der Waals surface area contributed by atoms with Gasteiger partial charge in [0.05, 0.1) is 0 Å². The molecule has 0 bridgehead atoms. The van der Waals surface area contributed by atoms with Gasteiger partial charge in [-0.05, 0) is 45.0 Å². The lowest BCUT2D eigenvalue weighted by atomic mass is 9.96. The molecule has 1 aliphatic rings. The van der Waals surface area contributed by atoms with Gasteiger partial charge in [-0.2, -0.15) is 12.6 Å². The van der Waals surface area contributed by atoms with Crippen molar-refractivity contribution >= 4 is 24.2 Å². The largest absolute Gasteiger partial charge is 0.326 e. The Balaban J connectivity index is 1.85. The van der Waals surface area contributed by atoms with Crippen LogP contribution in [-0.2, 0) is 4.79 Å². The van der Waals surface area contributed by atoms with Crippen LogP contribution >= 0.6 is 12.6 Å². The van der Waals surface area contributed by atoms with Crippen molar-refractivity contribution < 1.29 is 4.79 Å². The number of piperidine rings is 1. The lowest BCUT2D eigenvalue weighted by Crippen LogP contribution is -2.40. The van der Waals surface area contributed by atoms with Crippen molar-refractivity contribution in [3.63, 3.8) is 0 Å². The smallest absolute Gasteiger partial charge is 0.227 e. The Morgan fingerprint density at radius 3 is 2.50 bits per heavy atom. The molecule has 2 rings (SSSR count). The van der Waals surface area contributed by atoms with Crippen LogP contribution in [0.3, 0.4) is 0 Å². The van der Waals surface area contributed by atoms with E-state index in [2.05, 4.69) is 29.8 Å². The summed E-state index contributed by atoms with van der Waals surface area (Å²) in [5.41, 5.74) is 0.882. The van der Waals surface area contributed by atoms with Crippen LogP contribution in [0.4, 0.5) is 5.69 Å². The molecule has 3 nitrogen and oxygen atoms in total. The van der Waals surface area contributed by atoms with Gasteiger partial charge in [0.1, 0.15) is 0 Å². The summed E-state index contributed by atoms with van der Waals surface area (Å²) < 4.78 is 0. The van der Waals surface area contributed by atoms with Gasteiger partial charge in [0, 0.05) is 17.0 Å². The van der Waals surface area contributed by atoms with Gasteiger partial charge in [-0.25, -0.2) is 0 Å². The first-order chi connectivity index (χ1) is 8.66. The van der Waals surface area contributed by atoms with Crippen LogP contribution in [0, 0.1) is 5.92 Å². The molecule has 1 saturated heterocycles. The van der Waals surface area contributed by atoms with E-state index >= 15 is 0 Å². The molecule has 1 N–H and O–H groups in total. The van der Waals surface area contributed by atoms with Crippen LogP contribution in [0.1, 0.15) is 19.8 Å². The fraction of sp³-hybridized carbons (Fsp3) is 0.500. The lowest BCUT2D eigenvalue weighted by molar-refractivity contribution is -0.121. The summed E-state index contributed by atoms with van der Waals surface area (Å²) in [5, 5.41) is 3.26. The average Bonchev–Trinajstić information content (AvgIpc) is 2.40. The molecule has 0 radical (unpaired) electrons. The maximum absolute atomic E-state index is 12.1. The Kier molecular flexibility index (Phi) is 4.66. The zero-order valence-corrected chi connectivity index (χ0v) is 11.6. The van der Waals surface area contributed by atoms with Crippen molar-refractivity contribution in [2.75, 3.05) is 18.4 Å². The van der Waals surface area contributed by atoms with Gasteiger partial charge in [0.2, 0.25) is 5.91 Å². The Morgan fingerprint density at radius 1 is 1.33 bits per heavy atom. The van der Waals surface area contributed by atoms with Gasteiger partial charge in [-0.3, -0.25) is 9.69 Å². The SMILES string of the molecule is CC(S)N1CCC(C(=O)Nc2ccccc2)CC1. The standard InChI is InChI=1S/C14H20N2OS/c1-11(18)16-9-7-12(8-10-16)14(17)15-13-5-3-2-4-6-13/h2-6,11-12,18H,7-10H2,1H3,(H,15,17). The topological polar surface area (TPSA) is 32.3 Å². The van der Waals surface area contributed by atoms with Gasteiger partial charge >= 0.3 is 0 Å². The van der Waals surface area contributed by atoms with E-state index in [-0.39, 0.29) is 17.2 Å². The second-order valence-corrected chi connectivity index (χ2v) is 5.54. The maximum Gasteiger partial charge on any atom is 0.227 e. The molecule has 4 heteroatoms. The number of thiol groups is 1. The van der Waals surface area contributed by atoms with Crippen LogP contribution in [0.2, 0.25) is 0 Å². The fourth-order valence-electron chi connectivity index (χ4n) is 2.30. The molecule has 0 saturated carbocycles. The second-order valence-electron chi connectivity index (χ2n) is 4.80. The molecule has 1 aliphatic heterocycles. The number of likely N-dealkylation sites (tertiary alicyclic amines) is 1. The maximum atomic E-state index is 12.1. The Bertz CT molecular complexity index is 386. The second kappa shape index (κ2) is 6.25. The predicted octanol–water partition coefficient (Wildman–Crippen LogP) is 2.61. The number of para-hydroxylation sites is 1. The van der Waals surface area contributed by atoms with Crippen molar-refractivity contribution in [1.82, 2.24) is 4.90 Å². The van der Waals surface area contributed by atoms with Gasteiger partial charge in [-0.1, -0.05) is 18.2 Å². The Morgan fingerprint density at radius 2 is 1.94 bits per heavy atom.